The second kappa shape index (κ2) is 8.92. The molecule has 0 aromatic heterocycles. The predicted octanol–water partition coefficient (Wildman–Crippen LogP) is -0.941. The van der Waals surface area contributed by atoms with Crippen LogP contribution in [-0.2, 0) is 26.4 Å². The summed E-state index contributed by atoms with van der Waals surface area (Å²) in [5.74, 6) is 0. The zero-order valence-electron chi connectivity index (χ0n) is 3.00. The Hall–Kier alpha value is 0.0951. The Kier molecular flexibility index (Phi) is 14.0. The molecule has 6 heteroatoms. The molecule has 0 aromatic carbocycles. The minimum absolute atomic E-state index is 0.528. The molecule has 0 rings (SSSR count). The van der Waals surface area contributed by atoms with E-state index in [0.29, 0.717) is 26.4 Å². The number of hydrogen-bond acceptors (Lipinski definition) is 3. The van der Waals surface area contributed by atoms with Gasteiger partial charge in [0.15, 0.2) is 0 Å². The van der Waals surface area contributed by atoms with Crippen LogP contribution in [0.4, 0.5) is 0 Å². The first-order valence-electron chi connectivity index (χ1n) is 0.973. The molecule has 5 nitrogen and oxygen atoms in total. The van der Waals surface area contributed by atoms with Gasteiger partial charge < -0.3 is 5.21 Å². The molecule has 0 bridgehead atoms. The zero-order chi connectivity index (χ0) is 5.58. The van der Waals surface area contributed by atoms with E-state index >= 15 is 0 Å². The van der Waals surface area contributed by atoms with Crippen molar-refractivity contribution in [3.8, 4) is 0 Å². The van der Waals surface area contributed by atoms with E-state index in [2.05, 4.69) is 0 Å². The molecule has 0 aromatic rings. The normalized spacial score (nSPS) is 5.17. The number of rotatable bonds is 0. The molecular weight excluding hydrogens is 277 g/mol. The molecule has 0 aliphatic carbocycles. The molecule has 0 aliphatic rings. The van der Waals surface area contributed by atoms with Gasteiger partial charge in [0.1, 0.15) is 0 Å². The van der Waals surface area contributed by atoms with Gasteiger partial charge in [-0.25, -0.2) is 0 Å². The van der Waals surface area contributed by atoms with Gasteiger partial charge in [-0.2, -0.15) is 0 Å². The van der Waals surface area contributed by atoms with Gasteiger partial charge in [0.25, 0.3) is 5.09 Å². The van der Waals surface area contributed by atoms with E-state index < -0.39 is 5.09 Å². The van der Waals surface area contributed by atoms with Crippen LogP contribution in [-0.4, -0.2) is 10.3 Å². The topological polar surface area (TPSA) is 89.4 Å². The SMILES string of the molecule is O=[N+]([O-])O.[NH2][Hg]. The summed E-state index contributed by atoms with van der Waals surface area (Å²) in [6, 6.07) is 0. The maximum atomic E-state index is 8.36. The van der Waals surface area contributed by atoms with Crippen molar-refractivity contribution in [1.29, 1.82) is 0 Å². The van der Waals surface area contributed by atoms with Gasteiger partial charge in [-0.15, -0.1) is 10.1 Å². The molecule has 0 atom stereocenters. The van der Waals surface area contributed by atoms with Crippen LogP contribution >= 0.6 is 0 Å². The third kappa shape index (κ3) is 4340. The van der Waals surface area contributed by atoms with Crippen molar-refractivity contribution >= 4 is 0 Å². The fourth-order valence-electron chi connectivity index (χ4n) is 0. The van der Waals surface area contributed by atoms with Crippen LogP contribution in [0.1, 0.15) is 0 Å². The first-order valence-corrected chi connectivity index (χ1v) is 4.15. The van der Waals surface area contributed by atoms with E-state index in [1.54, 1.807) is 0 Å². The summed E-state index contributed by atoms with van der Waals surface area (Å²) in [6.07, 6.45) is 0. The average molecular weight is 280 g/mol. The Labute approximate surface area is 50.6 Å². The molecular formula is H3HgN2O3. The molecule has 0 saturated carbocycles. The Balaban J connectivity index is 0. The maximum absolute atomic E-state index is 8.36. The second-order valence-electron chi connectivity index (χ2n) is 0.238. The Bertz CT molecular complexity index is 31.8. The minimum atomic E-state index is -1.50. The molecule has 6 heavy (non-hydrogen) atoms. The fourth-order valence-corrected chi connectivity index (χ4v) is 0. The van der Waals surface area contributed by atoms with E-state index in [0.717, 1.165) is 0 Å². The summed E-state index contributed by atoms with van der Waals surface area (Å²) in [7, 11) is 0. The molecule has 0 amide bonds. The van der Waals surface area contributed by atoms with Gasteiger partial charge in [0.05, 0.1) is 0 Å². The molecule has 33 valence electrons. The van der Waals surface area contributed by atoms with Crippen molar-refractivity contribution in [2.75, 3.05) is 0 Å². The van der Waals surface area contributed by atoms with Crippen LogP contribution in [0, 0.1) is 10.1 Å². The molecule has 0 radical (unpaired) electrons. The van der Waals surface area contributed by atoms with Crippen LogP contribution in [0.2, 0.25) is 0 Å². The third-order valence-electron chi connectivity index (χ3n) is 0. The Morgan fingerprint density at radius 1 is 1.83 bits per heavy atom. The van der Waals surface area contributed by atoms with E-state index in [4.69, 9.17) is 18.8 Å². The van der Waals surface area contributed by atoms with Gasteiger partial charge >= 0.3 is 29.9 Å². The zero-order valence-corrected chi connectivity index (χ0v) is 8.49. The van der Waals surface area contributed by atoms with Crippen molar-refractivity contribution in [1.82, 2.24) is 0 Å². The van der Waals surface area contributed by atoms with E-state index in [-0.39, 0.29) is 0 Å². The first kappa shape index (κ1) is 9.44. The Morgan fingerprint density at radius 3 is 1.83 bits per heavy atom. The standard InChI is InChI=1S/Hg.HNO3.H2N/c;2-1(3)4;/h;(H,2,3,4);1H2/q+1;;-1. The molecule has 0 unspecified atom stereocenters. The van der Waals surface area contributed by atoms with Gasteiger partial charge in [-0.1, -0.05) is 0 Å². The third-order valence-corrected chi connectivity index (χ3v) is 0. The summed E-state index contributed by atoms with van der Waals surface area (Å²) in [4.78, 5) is 8.36. The fraction of sp³-hybridized carbons (Fsp3) is 0. The monoisotopic (exact) mass is 281 g/mol. The van der Waals surface area contributed by atoms with Crippen molar-refractivity contribution in [3.05, 3.63) is 10.1 Å². The van der Waals surface area contributed by atoms with Gasteiger partial charge in [0.2, 0.25) is 0 Å². The Morgan fingerprint density at radius 2 is 1.83 bits per heavy atom. The summed E-state index contributed by atoms with van der Waals surface area (Å²) >= 11 is 0.528. The number of nitrogens with two attached hydrogens (primary N) is 1. The van der Waals surface area contributed by atoms with Crippen LogP contribution in [0.25, 0.3) is 0 Å². The summed E-state index contributed by atoms with van der Waals surface area (Å²) < 4.78 is 4.69. The first-order chi connectivity index (χ1) is 2.73. The van der Waals surface area contributed by atoms with Crippen LogP contribution in [0.3, 0.4) is 0 Å². The van der Waals surface area contributed by atoms with Gasteiger partial charge in [-0.05, 0) is 0 Å². The molecule has 0 heterocycles. The molecule has 0 saturated heterocycles. The van der Waals surface area contributed by atoms with E-state index in [9.17, 15) is 0 Å². The molecule has 0 aliphatic heterocycles. The van der Waals surface area contributed by atoms with E-state index in [1.165, 1.54) is 0 Å². The predicted molar refractivity (Wildman–Crippen MR) is 13.0 cm³/mol. The van der Waals surface area contributed by atoms with Gasteiger partial charge in [0, 0.05) is 0 Å². The number of hydrogen-bond donors (Lipinski definition) is 2. The van der Waals surface area contributed by atoms with E-state index in [1.807, 2.05) is 0 Å². The molecule has 3 N–H and O–H groups in total. The van der Waals surface area contributed by atoms with Crippen molar-refractivity contribution < 1.29 is 36.7 Å². The van der Waals surface area contributed by atoms with Crippen molar-refractivity contribution in [3.63, 3.8) is 0 Å². The summed E-state index contributed by atoms with van der Waals surface area (Å²) in [6.45, 7) is 0. The number of nitrogens with zero attached hydrogens (tertiary/aromatic N) is 1. The van der Waals surface area contributed by atoms with Gasteiger partial charge in [-0.3, -0.25) is 0 Å². The molecule has 0 spiro atoms. The van der Waals surface area contributed by atoms with Crippen LogP contribution in [0.15, 0.2) is 0 Å². The average Bonchev–Trinajstić information content (AvgIpc) is 1.41. The summed E-state index contributed by atoms with van der Waals surface area (Å²) in [5, 5.41) is 13.6. The summed E-state index contributed by atoms with van der Waals surface area (Å²) in [5.41, 5.74) is 0. The van der Waals surface area contributed by atoms with Crippen LogP contribution < -0.4 is 3.50 Å². The van der Waals surface area contributed by atoms with Crippen molar-refractivity contribution in [2.45, 2.75) is 0 Å². The van der Waals surface area contributed by atoms with Crippen LogP contribution in [0.5, 0.6) is 0 Å². The quantitative estimate of drug-likeness (QED) is 0.340. The van der Waals surface area contributed by atoms with Crippen molar-refractivity contribution in [2.24, 2.45) is 3.50 Å². The molecule has 0 fully saturated rings. The second-order valence-corrected chi connectivity index (χ2v) is 0.238.